The standard InChI is InChI=1S/C14H13F3N4O2/c1-13(5-10(7-22)20-21-13)12(23)19-9-3-2-8(6-18)11(4-9)14(15,16)17/h2-4,21-22H,5,7H2,1H3,(H,19,23). The summed E-state index contributed by atoms with van der Waals surface area (Å²) in [6.07, 6.45) is -4.56. The zero-order valence-corrected chi connectivity index (χ0v) is 12.0. The molecule has 122 valence electrons. The Kier molecular flexibility index (Phi) is 4.29. The average molecular weight is 326 g/mol. The maximum absolute atomic E-state index is 12.9. The van der Waals surface area contributed by atoms with Crippen molar-refractivity contribution in [3.8, 4) is 6.07 Å². The van der Waals surface area contributed by atoms with E-state index in [0.29, 0.717) is 11.8 Å². The molecule has 1 heterocycles. The predicted molar refractivity (Wildman–Crippen MR) is 75.5 cm³/mol. The number of aliphatic hydroxyl groups is 1. The maximum Gasteiger partial charge on any atom is 0.417 e. The van der Waals surface area contributed by atoms with E-state index in [2.05, 4.69) is 15.8 Å². The van der Waals surface area contributed by atoms with Gasteiger partial charge in [-0.15, -0.1) is 0 Å². The third-order valence-corrected chi connectivity index (χ3v) is 3.41. The van der Waals surface area contributed by atoms with Gasteiger partial charge in [0.25, 0.3) is 5.91 Å². The van der Waals surface area contributed by atoms with Crippen molar-refractivity contribution in [1.82, 2.24) is 5.43 Å². The van der Waals surface area contributed by atoms with Gasteiger partial charge in [0.2, 0.25) is 0 Å². The van der Waals surface area contributed by atoms with E-state index in [0.717, 1.165) is 6.07 Å². The molecule has 1 aromatic rings. The number of nitriles is 1. The normalized spacial score (nSPS) is 20.4. The molecule has 1 aliphatic heterocycles. The smallest absolute Gasteiger partial charge is 0.390 e. The number of halogens is 3. The van der Waals surface area contributed by atoms with E-state index < -0.39 is 28.7 Å². The number of carbonyl (C=O) groups is 1. The maximum atomic E-state index is 12.9. The fourth-order valence-electron chi connectivity index (χ4n) is 2.13. The Balaban J connectivity index is 2.21. The summed E-state index contributed by atoms with van der Waals surface area (Å²) in [6.45, 7) is 1.20. The summed E-state index contributed by atoms with van der Waals surface area (Å²) >= 11 is 0. The molecule has 1 aliphatic rings. The molecule has 0 spiro atoms. The number of amides is 1. The van der Waals surface area contributed by atoms with Crippen molar-refractivity contribution in [2.75, 3.05) is 11.9 Å². The van der Waals surface area contributed by atoms with Crippen molar-refractivity contribution >= 4 is 17.3 Å². The first-order valence-electron chi connectivity index (χ1n) is 6.56. The molecule has 0 radical (unpaired) electrons. The highest BCUT2D eigenvalue weighted by molar-refractivity contribution is 6.03. The number of hydrogen-bond donors (Lipinski definition) is 3. The Morgan fingerprint density at radius 2 is 2.26 bits per heavy atom. The van der Waals surface area contributed by atoms with Crippen LogP contribution in [0.5, 0.6) is 0 Å². The van der Waals surface area contributed by atoms with Gasteiger partial charge >= 0.3 is 6.18 Å². The minimum atomic E-state index is -4.70. The minimum absolute atomic E-state index is 0.0817. The highest BCUT2D eigenvalue weighted by atomic mass is 19.4. The van der Waals surface area contributed by atoms with E-state index in [1.165, 1.54) is 19.1 Å². The molecule has 9 heteroatoms. The second-order valence-electron chi connectivity index (χ2n) is 5.28. The number of hydrazone groups is 1. The van der Waals surface area contributed by atoms with Gasteiger partial charge in [-0.2, -0.15) is 23.5 Å². The van der Waals surface area contributed by atoms with Gasteiger partial charge in [0.05, 0.1) is 29.5 Å². The molecule has 1 aromatic carbocycles. The van der Waals surface area contributed by atoms with Gasteiger partial charge in [-0.1, -0.05) is 0 Å². The van der Waals surface area contributed by atoms with Crippen LogP contribution in [0.1, 0.15) is 24.5 Å². The molecule has 23 heavy (non-hydrogen) atoms. The zero-order valence-electron chi connectivity index (χ0n) is 12.0. The lowest BCUT2D eigenvalue weighted by Gasteiger charge is -2.23. The summed E-state index contributed by atoms with van der Waals surface area (Å²) in [5.74, 6) is -0.595. The molecule has 0 aliphatic carbocycles. The predicted octanol–water partition coefficient (Wildman–Crippen LogP) is 1.62. The number of hydrogen-bond acceptors (Lipinski definition) is 5. The SMILES string of the molecule is CC1(C(=O)Nc2ccc(C#N)c(C(F)(F)F)c2)CC(CO)=NN1. The van der Waals surface area contributed by atoms with Gasteiger partial charge in [-0.3, -0.25) is 10.2 Å². The number of rotatable bonds is 3. The van der Waals surface area contributed by atoms with Crippen molar-refractivity contribution in [1.29, 1.82) is 5.26 Å². The van der Waals surface area contributed by atoms with Crippen LogP contribution in [-0.4, -0.2) is 28.9 Å². The summed E-state index contributed by atoms with van der Waals surface area (Å²) in [7, 11) is 0. The van der Waals surface area contributed by atoms with E-state index in [9.17, 15) is 18.0 Å². The van der Waals surface area contributed by atoms with E-state index >= 15 is 0 Å². The number of nitrogens with zero attached hydrogens (tertiary/aromatic N) is 2. The van der Waals surface area contributed by atoms with Crippen LogP contribution in [-0.2, 0) is 11.0 Å². The van der Waals surface area contributed by atoms with Gasteiger partial charge in [0, 0.05) is 12.1 Å². The Morgan fingerprint density at radius 1 is 1.57 bits per heavy atom. The molecule has 0 fully saturated rings. The molecule has 0 aromatic heterocycles. The van der Waals surface area contributed by atoms with Crippen molar-refractivity contribution < 1.29 is 23.1 Å². The third-order valence-electron chi connectivity index (χ3n) is 3.41. The summed E-state index contributed by atoms with van der Waals surface area (Å²) in [4.78, 5) is 12.2. The van der Waals surface area contributed by atoms with Crippen LogP contribution in [0.4, 0.5) is 18.9 Å². The van der Waals surface area contributed by atoms with E-state index in [1.807, 2.05) is 0 Å². The van der Waals surface area contributed by atoms with Gasteiger partial charge in [0.15, 0.2) is 0 Å². The van der Waals surface area contributed by atoms with Crippen molar-refractivity contribution in [3.05, 3.63) is 29.3 Å². The minimum Gasteiger partial charge on any atom is -0.390 e. The molecule has 1 amide bonds. The Bertz CT molecular complexity index is 709. The largest absolute Gasteiger partial charge is 0.417 e. The number of benzene rings is 1. The van der Waals surface area contributed by atoms with Crippen LogP contribution in [0.15, 0.2) is 23.3 Å². The van der Waals surface area contributed by atoms with Crippen molar-refractivity contribution in [2.45, 2.75) is 25.1 Å². The summed E-state index contributed by atoms with van der Waals surface area (Å²) in [5, 5.41) is 23.9. The summed E-state index contributed by atoms with van der Waals surface area (Å²) in [5.41, 5.74) is 0.0546. The van der Waals surface area contributed by atoms with E-state index in [4.69, 9.17) is 10.4 Å². The lowest BCUT2D eigenvalue weighted by molar-refractivity contribution is -0.137. The monoisotopic (exact) mass is 326 g/mol. The highest BCUT2D eigenvalue weighted by Gasteiger charge is 2.39. The molecular formula is C14H13F3N4O2. The van der Waals surface area contributed by atoms with Crippen molar-refractivity contribution in [2.24, 2.45) is 5.10 Å². The van der Waals surface area contributed by atoms with E-state index in [1.54, 1.807) is 0 Å². The van der Waals surface area contributed by atoms with Gasteiger partial charge in [-0.25, -0.2) is 0 Å². The number of nitrogens with one attached hydrogen (secondary N) is 2. The number of alkyl halides is 3. The Morgan fingerprint density at radius 3 is 2.78 bits per heavy atom. The Hall–Kier alpha value is -2.60. The van der Waals surface area contributed by atoms with E-state index in [-0.39, 0.29) is 18.7 Å². The number of anilines is 1. The average Bonchev–Trinajstić information content (AvgIpc) is 2.89. The molecule has 0 saturated heterocycles. The lowest BCUT2D eigenvalue weighted by atomic mass is 9.96. The summed E-state index contributed by atoms with van der Waals surface area (Å²) in [6, 6.07) is 4.40. The Labute approximate surface area is 129 Å². The zero-order chi connectivity index (χ0) is 17.3. The molecule has 0 saturated carbocycles. The van der Waals surface area contributed by atoms with Crippen LogP contribution in [0.3, 0.4) is 0 Å². The van der Waals surface area contributed by atoms with Crippen LogP contribution >= 0.6 is 0 Å². The highest BCUT2D eigenvalue weighted by Crippen LogP contribution is 2.33. The number of aliphatic hydroxyl groups excluding tert-OH is 1. The number of carbonyl (C=O) groups excluding carboxylic acids is 1. The van der Waals surface area contributed by atoms with Crippen LogP contribution in [0, 0.1) is 11.3 Å². The fourth-order valence-corrected chi connectivity index (χ4v) is 2.13. The molecule has 2 rings (SSSR count). The fraction of sp³-hybridized carbons (Fsp3) is 0.357. The molecule has 1 atom stereocenters. The van der Waals surface area contributed by atoms with Crippen molar-refractivity contribution in [3.63, 3.8) is 0 Å². The second-order valence-corrected chi connectivity index (χ2v) is 5.28. The van der Waals surface area contributed by atoms with Crippen LogP contribution < -0.4 is 10.7 Å². The molecular weight excluding hydrogens is 313 g/mol. The molecule has 0 bridgehead atoms. The summed E-state index contributed by atoms with van der Waals surface area (Å²) < 4.78 is 38.7. The molecule has 6 nitrogen and oxygen atoms in total. The van der Waals surface area contributed by atoms with Crippen LogP contribution in [0.2, 0.25) is 0 Å². The topological polar surface area (TPSA) is 97.5 Å². The third kappa shape index (κ3) is 3.43. The lowest BCUT2D eigenvalue weighted by Crippen LogP contribution is -2.47. The van der Waals surface area contributed by atoms with Crippen LogP contribution in [0.25, 0.3) is 0 Å². The molecule has 1 unspecified atom stereocenters. The van der Waals surface area contributed by atoms with Gasteiger partial charge in [0.1, 0.15) is 5.54 Å². The second kappa shape index (κ2) is 5.89. The first-order chi connectivity index (χ1) is 10.7. The van der Waals surface area contributed by atoms with Gasteiger partial charge in [-0.05, 0) is 25.1 Å². The first-order valence-corrected chi connectivity index (χ1v) is 6.56. The molecule has 3 N–H and O–H groups in total. The quantitative estimate of drug-likeness (QED) is 0.786. The van der Waals surface area contributed by atoms with Gasteiger partial charge < -0.3 is 10.4 Å². The first kappa shape index (κ1) is 16.8.